The van der Waals surface area contributed by atoms with E-state index in [0.717, 1.165) is 13.1 Å². The lowest BCUT2D eigenvalue weighted by Crippen LogP contribution is -2.33. The Morgan fingerprint density at radius 3 is 2.67 bits per heavy atom. The fraction of sp³-hybridized carbons (Fsp3) is 0.889. The van der Waals surface area contributed by atoms with Gasteiger partial charge in [0.15, 0.2) is 0 Å². The minimum atomic E-state index is 0.273. The van der Waals surface area contributed by atoms with E-state index in [1.165, 1.54) is 6.42 Å². The van der Waals surface area contributed by atoms with E-state index in [1.807, 2.05) is 0 Å². The Morgan fingerprint density at radius 2 is 2.25 bits per heavy atom. The summed E-state index contributed by atoms with van der Waals surface area (Å²) in [6, 6.07) is 0.643. The molecule has 0 aromatic rings. The topological polar surface area (TPSA) is 23.6 Å². The largest absolute Gasteiger partial charge is 0.305 e. The van der Waals surface area contributed by atoms with Gasteiger partial charge in [-0.15, -0.1) is 0 Å². The summed E-state index contributed by atoms with van der Waals surface area (Å²) in [5, 5.41) is 0. The highest BCUT2D eigenvalue weighted by Gasteiger charge is 2.23. The Balaban J connectivity index is 2.30. The SMILES string of the molecule is CC(=O)CN1CC[C@@H](N(C)C)C1. The predicted molar refractivity (Wildman–Crippen MR) is 49.2 cm³/mol. The number of rotatable bonds is 3. The van der Waals surface area contributed by atoms with Crippen LogP contribution in [0.15, 0.2) is 0 Å². The van der Waals surface area contributed by atoms with Crippen molar-refractivity contribution in [3.63, 3.8) is 0 Å². The van der Waals surface area contributed by atoms with Crippen LogP contribution in [0.25, 0.3) is 0 Å². The maximum absolute atomic E-state index is 10.8. The van der Waals surface area contributed by atoms with Crippen LogP contribution in [0, 0.1) is 0 Å². The Labute approximate surface area is 74.3 Å². The first-order valence-corrected chi connectivity index (χ1v) is 4.48. The number of hydrogen-bond donors (Lipinski definition) is 0. The van der Waals surface area contributed by atoms with Crippen LogP contribution in [0.5, 0.6) is 0 Å². The molecule has 0 spiro atoms. The molecule has 1 heterocycles. The zero-order chi connectivity index (χ0) is 9.14. The molecule has 1 saturated heterocycles. The number of Topliss-reactive ketones (excluding diaryl/α,β-unsaturated/α-hetero) is 1. The number of hydrogen-bond acceptors (Lipinski definition) is 3. The van der Waals surface area contributed by atoms with Gasteiger partial charge in [-0.1, -0.05) is 0 Å². The number of likely N-dealkylation sites (N-methyl/N-ethyl adjacent to an activating group) is 1. The summed E-state index contributed by atoms with van der Waals surface area (Å²) in [7, 11) is 4.20. The van der Waals surface area contributed by atoms with Crippen molar-refractivity contribution in [2.75, 3.05) is 33.7 Å². The van der Waals surface area contributed by atoms with Crippen molar-refractivity contribution >= 4 is 5.78 Å². The molecule has 0 aliphatic carbocycles. The van der Waals surface area contributed by atoms with Crippen molar-refractivity contribution in [3.05, 3.63) is 0 Å². The minimum Gasteiger partial charge on any atom is -0.305 e. The second-order valence-corrected chi connectivity index (χ2v) is 3.84. The molecule has 1 aliphatic heterocycles. The van der Waals surface area contributed by atoms with Gasteiger partial charge in [-0.2, -0.15) is 0 Å². The van der Waals surface area contributed by atoms with Gasteiger partial charge in [0, 0.05) is 19.1 Å². The molecular weight excluding hydrogens is 152 g/mol. The average molecular weight is 170 g/mol. The summed E-state index contributed by atoms with van der Waals surface area (Å²) in [5.41, 5.74) is 0. The summed E-state index contributed by atoms with van der Waals surface area (Å²) in [4.78, 5) is 15.3. The van der Waals surface area contributed by atoms with E-state index in [2.05, 4.69) is 23.9 Å². The fourth-order valence-corrected chi connectivity index (χ4v) is 1.69. The smallest absolute Gasteiger partial charge is 0.143 e. The first-order chi connectivity index (χ1) is 5.59. The molecule has 3 nitrogen and oxygen atoms in total. The Morgan fingerprint density at radius 1 is 1.58 bits per heavy atom. The van der Waals surface area contributed by atoms with Crippen LogP contribution in [-0.2, 0) is 4.79 Å². The molecule has 3 heteroatoms. The number of nitrogens with zero attached hydrogens (tertiary/aromatic N) is 2. The van der Waals surface area contributed by atoms with Crippen LogP contribution in [0.2, 0.25) is 0 Å². The monoisotopic (exact) mass is 170 g/mol. The standard InChI is InChI=1S/C9H18N2O/c1-8(12)6-11-5-4-9(7-11)10(2)3/h9H,4-7H2,1-3H3/t9-/m1/s1. The molecule has 1 fully saturated rings. The van der Waals surface area contributed by atoms with Crippen LogP contribution < -0.4 is 0 Å². The number of ketones is 1. The van der Waals surface area contributed by atoms with Gasteiger partial charge >= 0.3 is 0 Å². The van der Waals surface area contributed by atoms with Gasteiger partial charge in [0.05, 0.1) is 6.54 Å². The maximum atomic E-state index is 10.8. The molecular formula is C9H18N2O. The van der Waals surface area contributed by atoms with E-state index in [9.17, 15) is 4.79 Å². The molecule has 0 amide bonds. The summed E-state index contributed by atoms with van der Waals surface area (Å²) < 4.78 is 0. The summed E-state index contributed by atoms with van der Waals surface area (Å²) in [5.74, 6) is 0.273. The summed E-state index contributed by atoms with van der Waals surface area (Å²) in [6.07, 6.45) is 1.19. The highest BCUT2D eigenvalue weighted by atomic mass is 16.1. The Bertz CT molecular complexity index is 168. The van der Waals surface area contributed by atoms with E-state index in [1.54, 1.807) is 6.92 Å². The van der Waals surface area contributed by atoms with Crippen LogP contribution in [0.4, 0.5) is 0 Å². The van der Waals surface area contributed by atoms with Gasteiger partial charge < -0.3 is 4.90 Å². The van der Waals surface area contributed by atoms with E-state index in [-0.39, 0.29) is 5.78 Å². The summed E-state index contributed by atoms with van der Waals surface area (Å²) in [6.45, 7) is 4.41. The van der Waals surface area contributed by atoms with Gasteiger partial charge in [0.2, 0.25) is 0 Å². The van der Waals surface area contributed by atoms with E-state index >= 15 is 0 Å². The molecule has 1 rings (SSSR count). The van der Waals surface area contributed by atoms with Crippen LogP contribution in [0.1, 0.15) is 13.3 Å². The number of likely N-dealkylation sites (tertiary alicyclic amines) is 1. The third-order valence-electron chi connectivity index (χ3n) is 2.42. The molecule has 1 atom stereocenters. The van der Waals surface area contributed by atoms with Crippen molar-refractivity contribution in [3.8, 4) is 0 Å². The van der Waals surface area contributed by atoms with Crippen LogP contribution >= 0.6 is 0 Å². The fourth-order valence-electron chi connectivity index (χ4n) is 1.69. The molecule has 12 heavy (non-hydrogen) atoms. The maximum Gasteiger partial charge on any atom is 0.143 e. The van der Waals surface area contributed by atoms with Gasteiger partial charge in [-0.3, -0.25) is 9.69 Å². The Hall–Kier alpha value is -0.410. The minimum absolute atomic E-state index is 0.273. The van der Waals surface area contributed by atoms with E-state index in [4.69, 9.17) is 0 Å². The van der Waals surface area contributed by atoms with Crippen LogP contribution in [-0.4, -0.2) is 55.4 Å². The lowest BCUT2D eigenvalue weighted by molar-refractivity contribution is -0.117. The Kier molecular flexibility index (Phi) is 3.23. The van der Waals surface area contributed by atoms with Crippen molar-refractivity contribution in [2.45, 2.75) is 19.4 Å². The number of carbonyl (C=O) groups is 1. The molecule has 0 aromatic carbocycles. The lowest BCUT2D eigenvalue weighted by Gasteiger charge is -2.19. The van der Waals surface area contributed by atoms with Gasteiger partial charge in [-0.25, -0.2) is 0 Å². The first-order valence-electron chi connectivity index (χ1n) is 4.48. The van der Waals surface area contributed by atoms with Crippen molar-refractivity contribution in [2.24, 2.45) is 0 Å². The zero-order valence-corrected chi connectivity index (χ0v) is 8.21. The second-order valence-electron chi connectivity index (χ2n) is 3.84. The molecule has 0 unspecified atom stereocenters. The molecule has 0 N–H and O–H groups in total. The highest BCUT2D eigenvalue weighted by Crippen LogP contribution is 2.12. The van der Waals surface area contributed by atoms with Gasteiger partial charge in [0.1, 0.15) is 5.78 Å². The van der Waals surface area contributed by atoms with Crippen molar-refractivity contribution in [1.29, 1.82) is 0 Å². The molecule has 0 saturated carbocycles. The quantitative estimate of drug-likeness (QED) is 0.605. The predicted octanol–water partition coefficient (Wildman–Crippen LogP) is 0.211. The zero-order valence-electron chi connectivity index (χ0n) is 8.21. The van der Waals surface area contributed by atoms with Gasteiger partial charge in [0.25, 0.3) is 0 Å². The highest BCUT2D eigenvalue weighted by molar-refractivity contribution is 5.77. The molecule has 0 aromatic heterocycles. The van der Waals surface area contributed by atoms with E-state index in [0.29, 0.717) is 12.6 Å². The van der Waals surface area contributed by atoms with Crippen molar-refractivity contribution < 1.29 is 4.79 Å². The number of carbonyl (C=O) groups excluding carboxylic acids is 1. The molecule has 70 valence electrons. The van der Waals surface area contributed by atoms with Crippen LogP contribution in [0.3, 0.4) is 0 Å². The normalized spacial score (nSPS) is 25.2. The van der Waals surface area contributed by atoms with E-state index < -0.39 is 0 Å². The molecule has 0 bridgehead atoms. The van der Waals surface area contributed by atoms with Crippen molar-refractivity contribution in [1.82, 2.24) is 9.80 Å². The third-order valence-corrected chi connectivity index (χ3v) is 2.42. The molecule has 1 aliphatic rings. The van der Waals surface area contributed by atoms with Gasteiger partial charge in [-0.05, 0) is 27.4 Å². The molecule has 0 radical (unpaired) electrons. The first kappa shape index (κ1) is 9.68. The third kappa shape index (κ3) is 2.57. The second kappa shape index (κ2) is 4.01. The lowest BCUT2D eigenvalue weighted by atomic mass is 10.2. The average Bonchev–Trinajstić information content (AvgIpc) is 2.34. The summed E-state index contributed by atoms with van der Waals surface area (Å²) >= 11 is 0.